The quantitative estimate of drug-likeness (QED) is 0.754. The van der Waals surface area contributed by atoms with Crippen LogP contribution in [-0.2, 0) is 12.0 Å². The smallest absolute Gasteiger partial charge is 0.253 e. The van der Waals surface area contributed by atoms with E-state index < -0.39 is 0 Å². The second-order valence-corrected chi connectivity index (χ2v) is 9.58. The van der Waals surface area contributed by atoms with E-state index in [1.165, 1.54) is 0 Å². The molecule has 6 heteroatoms. The lowest BCUT2D eigenvalue weighted by Gasteiger charge is -2.34. The number of piperazine rings is 1. The summed E-state index contributed by atoms with van der Waals surface area (Å²) in [5.41, 5.74) is 1.97. The molecule has 0 atom stereocenters. The first-order chi connectivity index (χ1) is 13.2. The predicted octanol–water partition coefficient (Wildman–Crippen LogP) is 4.19. The first-order valence-corrected chi connectivity index (χ1v) is 10.8. The molecule has 0 unspecified atom stereocenters. The monoisotopic (exact) mass is 401 g/mol. The molecule has 1 aliphatic rings. The van der Waals surface area contributed by atoms with Crippen molar-refractivity contribution in [1.82, 2.24) is 14.8 Å². The minimum atomic E-state index is 0.0929. The Kier molecular flexibility index (Phi) is 6.40. The van der Waals surface area contributed by atoms with E-state index >= 15 is 0 Å². The van der Waals surface area contributed by atoms with Crippen molar-refractivity contribution in [3.63, 3.8) is 0 Å². The summed E-state index contributed by atoms with van der Waals surface area (Å²) in [6, 6.07) is 7.46. The van der Waals surface area contributed by atoms with Crippen molar-refractivity contribution in [3.8, 4) is 5.75 Å². The van der Waals surface area contributed by atoms with Crippen LogP contribution >= 0.6 is 11.3 Å². The molecule has 2 aromatic rings. The van der Waals surface area contributed by atoms with Crippen LogP contribution in [0.2, 0.25) is 0 Å². The summed E-state index contributed by atoms with van der Waals surface area (Å²) >= 11 is 1.73. The third kappa shape index (κ3) is 5.32. The van der Waals surface area contributed by atoms with E-state index in [1.54, 1.807) is 11.3 Å². The van der Waals surface area contributed by atoms with Crippen LogP contribution in [0.4, 0.5) is 0 Å². The first kappa shape index (κ1) is 20.8. The lowest BCUT2D eigenvalue weighted by atomic mass is 9.93. The third-order valence-corrected chi connectivity index (χ3v) is 5.65. The van der Waals surface area contributed by atoms with Crippen LogP contribution in [0.25, 0.3) is 0 Å². The number of carbonyl (C=O) groups excluding carboxylic acids is 1. The highest BCUT2D eigenvalue weighted by Crippen LogP contribution is 2.25. The summed E-state index contributed by atoms with van der Waals surface area (Å²) in [7, 11) is 0. The molecule has 3 rings (SSSR count). The van der Waals surface area contributed by atoms with Crippen molar-refractivity contribution >= 4 is 17.2 Å². The van der Waals surface area contributed by atoms with Gasteiger partial charge in [0.1, 0.15) is 10.8 Å². The van der Waals surface area contributed by atoms with Crippen LogP contribution in [0.3, 0.4) is 0 Å². The van der Waals surface area contributed by atoms with Gasteiger partial charge < -0.3 is 9.64 Å². The lowest BCUT2D eigenvalue weighted by Crippen LogP contribution is -2.48. The SMILES string of the molecule is CC(C)Oc1ccc(C(=O)N2CCN(Cc3nc(C(C)(C)C)cs3)CC2)cc1. The molecule has 0 spiro atoms. The van der Waals surface area contributed by atoms with Crippen molar-refractivity contribution in [3.05, 3.63) is 45.9 Å². The van der Waals surface area contributed by atoms with Crippen LogP contribution in [0, 0.1) is 0 Å². The largest absolute Gasteiger partial charge is 0.491 e. The van der Waals surface area contributed by atoms with E-state index in [1.807, 2.05) is 43.0 Å². The second kappa shape index (κ2) is 8.62. The van der Waals surface area contributed by atoms with E-state index in [9.17, 15) is 4.79 Å². The van der Waals surface area contributed by atoms with Gasteiger partial charge in [-0.2, -0.15) is 0 Å². The fourth-order valence-electron chi connectivity index (χ4n) is 3.16. The maximum Gasteiger partial charge on any atom is 0.253 e. The van der Waals surface area contributed by atoms with Crippen molar-refractivity contribution in [2.75, 3.05) is 26.2 Å². The number of rotatable bonds is 5. The number of aromatic nitrogens is 1. The van der Waals surface area contributed by atoms with Crippen LogP contribution < -0.4 is 4.74 Å². The summed E-state index contributed by atoms with van der Waals surface area (Å²) in [6.07, 6.45) is 0.131. The highest BCUT2D eigenvalue weighted by molar-refractivity contribution is 7.09. The van der Waals surface area contributed by atoms with Gasteiger partial charge in [0.15, 0.2) is 0 Å². The van der Waals surface area contributed by atoms with Gasteiger partial charge in [-0.05, 0) is 38.1 Å². The van der Waals surface area contributed by atoms with Gasteiger partial charge in [0.05, 0.1) is 18.3 Å². The number of hydrogen-bond acceptors (Lipinski definition) is 5. The number of hydrogen-bond donors (Lipinski definition) is 0. The minimum absolute atomic E-state index is 0.0929. The summed E-state index contributed by atoms with van der Waals surface area (Å²) in [5.74, 6) is 0.898. The Balaban J connectivity index is 1.52. The Morgan fingerprint density at radius 2 is 1.79 bits per heavy atom. The topological polar surface area (TPSA) is 45.7 Å². The van der Waals surface area contributed by atoms with Crippen LogP contribution in [0.1, 0.15) is 55.7 Å². The van der Waals surface area contributed by atoms with Gasteiger partial charge in [-0.15, -0.1) is 11.3 Å². The maximum atomic E-state index is 12.8. The Morgan fingerprint density at radius 1 is 1.14 bits per heavy atom. The fourth-order valence-corrected chi connectivity index (χ4v) is 4.22. The first-order valence-electron chi connectivity index (χ1n) is 9.95. The van der Waals surface area contributed by atoms with E-state index in [-0.39, 0.29) is 17.4 Å². The predicted molar refractivity (Wildman–Crippen MR) is 114 cm³/mol. The molecule has 1 amide bonds. The van der Waals surface area contributed by atoms with Gasteiger partial charge in [0.25, 0.3) is 5.91 Å². The van der Waals surface area contributed by atoms with E-state index in [2.05, 4.69) is 31.1 Å². The number of benzene rings is 1. The normalized spacial score (nSPS) is 15.9. The standard InChI is InChI=1S/C22H31N3O2S/c1-16(2)27-18-8-6-17(7-9-18)21(26)25-12-10-24(11-13-25)14-20-23-19(15-28-20)22(3,4)5/h6-9,15-16H,10-14H2,1-5H3. The molecule has 0 aliphatic carbocycles. The average Bonchev–Trinajstić information content (AvgIpc) is 3.11. The summed E-state index contributed by atoms with van der Waals surface area (Å²) in [6.45, 7) is 14.7. The van der Waals surface area contributed by atoms with Crippen molar-refractivity contribution < 1.29 is 9.53 Å². The zero-order valence-corrected chi connectivity index (χ0v) is 18.4. The highest BCUT2D eigenvalue weighted by atomic mass is 32.1. The van der Waals surface area contributed by atoms with E-state index in [0.29, 0.717) is 0 Å². The van der Waals surface area contributed by atoms with Crippen LogP contribution in [0.15, 0.2) is 29.6 Å². The average molecular weight is 402 g/mol. The molecule has 28 heavy (non-hydrogen) atoms. The van der Waals surface area contributed by atoms with Crippen LogP contribution in [-0.4, -0.2) is 53.0 Å². The molecule has 152 valence electrons. The van der Waals surface area contributed by atoms with Crippen molar-refractivity contribution in [2.24, 2.45) is 0 Å². The number of ether oxygens (including phenoxy) is 1. The third-order valence-electron chi connectivity index (χ3n) is 4.81. The van der Waals surface area contributed by atoms with Crippen LogP contribution in [0.5, 0.6) is 5.75 Å². The van der Waals surface area contributed by atoms with Crippen molar-refractivity contribution in [2.45, 2.75) is 52.7 Å². The van der Waals surface area contributed by atoms with Gasteiger partial charge in [0.2, 0.25) is 0 Å². The Morgan fingerprint density at radius 3 is 2.32 bits per heavy atom. The van der Waals surface area contributed by atoms with Gasteiger partial charge in [-0.1, -0.05) is 20.8 Å². The van der Waals surface area contributed by atoms with Gasteiger partial charge >= 0.3 is 0 Å². The Bertz CT molecular complexity index is 785. The Labute approximate surface area is 172 Å². The minimum Gasteiger partial charge on any atom is -0.491 e. The molecular weight excluding hydrogens is 370 g/mol. The van der Waals surface area contributed by atoms with Gasteiger partial charge in [-0.25, -0.2) is 4.98 Å². The second-order valence-electron chi connectivity index (χ2n) is 8.64. The molecule has 0 saturated carbocycles. The molecule has 2 heterocycles. The number of nitrogens with zero attached hydrogens (tertiary/aromatic N) is 3. The number of amides is 1. The lowest BCUT2D eigenvalue weighted by molar-refractivity contribution is 0.0628. The molecule has 0 bridgehead atoms. The van der Waals surface area contributed by atoms with Gasteiger partial charge in [-0.3, -0.25) is 9.69 Å². The fraction of sp³-hybridized carbons (Fsp3) is 0.545. The molecule has 5 nitrogen and oxygen atoms in total. The summed E-state index contributed by atoms with van der Waals surface area (Å²) in [4.78, 5) is 21.9. The number of thiazole rings is 1. The van der Waals surface area contributed by atoms with E-state index in [4.69, 9.17) is 9.72 Å². The van der Waals surface area contributed by atoms with Crippen molar-refractivity contribution in [1.29, 1.82) is 0 Å². The maximum absolute atomic E-state index is 12.8. The van der Waals surface area contributed by atoms with E-state index in [0.717, 1.165) is 54.7 Å². The summed E-state index contributed by atoms with van der Waals surface area (Å²) in [5, 5.41) is 3.33. The molecule has 1 aliphatic heterocycles. The molecule has 1 saturated heterocycles. The molecule has 0 N–H and O–H groups in total. The molecule has 1 aromatic heterocycles. The van der Waals surface area contributed by atoms with Gasteiger partial charge in [0, 0.05) is 42.5 Å². The molecule has 1 fully saturated rings. The Hall–Kier alpha value is -1.92. The summed E-state index contributed by atoms with van der Waals surface area (Å²) < 4.78 is 5.65. The zero-order valence-electron chi connectivity index (χ0n) is 17.6. The molecular formula is C22H31N3O2S. The number of carbonyl (C=O) groups is 1. The highest BCUT2D eigenvalue weighted by Gasteiger charge is 2.24. The zero-order chi connectivity index (χ0) is 20.3. The molecule has 0 radical (unpaired) electrons. The molecule has 1 aromatic carbocycles.